The van der Waals surface area contributed by atoms with E-state index in [4.69, 9.17) is 0 Å². The zero-order valence-corrected chi connectivity index (χ0v) is 12.6. The molecule has 1 aromatic heterocycles. The van der Waals surface area contributed by atoms with Crippen LogP contribution >= 0.6 is 0 Å². The molecule has 0 spiro atoms. The number of aryl methyl sites for hydroxylation is 2. The number of nitrogens with one attached hydrogen (secondary N) is 1. The van der Waals surface area contributed by atoms with Crippen LogP contribution in [-0.2, 0) is 23.4 Å². The van der Waals surface area contributed by atoms with Crippen LogP contribution in [0.1, 0.15) is 17.8 Å². The average molecular weight is 293 g/mol. The van der Waals surface area contributed by atoms with Gasteiger partial charge in [0.1, 0.15) is 5.82 Å². The van der Waals surface area contributed by atoms with Gasteiger partial charge in [-0.1, -0.05) is 12.1 Å². The Morgan fingerprint density at radius 2 is 2.25 bits per heavy atom. The fourth-order valence-electron chi connectivity index (χ4n) is 2.86. The Kier molecular flexibility index (Phi) is 3.30. The minimum absolute atomic E-state index is 0.0564. The molecular formula is C14H19N3O2S. The second-order valence-electron chi connectivity index (χ2n) is 5.51. The molecule has 1 fully saturated rings. The normalized spacial score (nSPS) is 21.6. The maximum Gasteiger partial charge on any atom is 0.151 e. The molecule has 3 rings (SSSR count). The van der Waals surface area contributed by atoms with Gasteiger partial charge >= 0.3 is 0 Å². The number of hydrogen-bond acceptors (Lipinski definition) is 4. The molecule has 1 aliphatic heterocycles. The Hall–Kier alpha value is -1.40. The van der Waals surface area contributed by atoms with Gasteiger partial charge < -0.3 is 9.88 Å². The van der Waals surface area contributed by atoms with Crippen molar-refractivity contribution in [2.45, 2.75) is 25.9 Å². The molecule has 2 heterocycles. The molecule has 1 aromatic carbocycles. The van der Waals surface area contributed by atoms with Gasteiger partial charge in [0.2, 0.25) is 0 Å². The van der Waals surface area contributed by atoms with Gasteiger partial charge in [-0.2, -0.15) is 0 Å². The van der Waals surface area contributed by atoms with Crippen molar-refractivity contribution in [1.82, 2.24) is 14.9 Å². The summed E-state index contributed by atoms with van der Waals surface area (Å²) in [6, 6.07) is 6.14. The second kappa shape index (κ2) is 4.86. The van der Waals surface area contributed by atoms with E-state index in [0.29, 0.717) is 18.7 Å². The molecular weight excluding hydrogens is 274 g/mol. The first-order valence-electron chi connectivity index (χ1n) is 6.81. The van der Waals surface area contributed by atoms with E-state index < -0.39 is 9.84 Å². The molecule has 20 heavy (non-hydrogen) atoms. The Morgan fingerprint density at radius 1 is 1.45 bits per heavy atom. The summed E-state index contributed by atoms with van der Waals surface area (Å²) in [5, 5.41) is 3.31. The number of nitrogens with zero attached hydrogens (tertiary/aromatic N) is 2. The van der Waals surface area contributed by atoms with Gasteiger partial charge in [-0.15, -0.1) is 0 Å². The molecule has 1 N–H and O–H groups in total. The topological polar surface area (TPSA) is 64.0 Å². The summed E-state index contributed by atoms with van der Waals surface area (Å²) in [4.78, 5) is 4.62. The van der Waals surface area contributed by atoms with Crippen LogP contribution in [0.3, 0.4) is 0 Å². The number of sulfone groups is 1. The monoisotopic (exact) mass is 293 g/mol. The van der Waals surface area contributed by atoms with E-state index in [0.717, 1.165) is 16.9 Å². The predicted octanol–water partition coefficient (Wildman–Crippen LogP) is 1.16. The SMILES string of the molecule is Cc1cccc2nc(CNC3CCS(=O)(=O)C3)n(C)c12. The number of benzene rings is 1. The molecule has 1 atom stereocenters. The van der Waals surface area contributed by atoms with Crippen LogP contribution in [0.25, 0.3) is 11.0 Å². The van der Waals surface area contributed by atoms with Gasteiger partial charge in [-0.25, -0.2) is 13.4 Å². The molecule has 108 valence electrons. The van der Waals surface area contributed by atoms with Crippen molar-refractivity contribution < 1.29 is 8.42 Å². The van der Waals surface area contributed by atoms with Gasteiger partial charge in [0.15, 0.2) is 9.84 Å². The minimum Gasteiger partial charge on any atom is -0.330 e. The first-order valence-corrected chi connectivity index (χ1v) is 8.63. The third-order valence-electron chi connectivity index (χ3n) is 3.97. The summed E-state index contributed by atoms with van der Waals surface area (Å²) in [6.45, 7) is 2.68. The van der Waals surface area contributed by atoms with Crippen LogP contribution in [-0.4, -0.2) is 35.5 Å². The number of aromatic nitrogens is 2. The Bertz CT molecular complexity index is 749. The van der Waals surface area contributed by atoms with Gasteiger partial charge in [0.25, 0.3) is 0 Å². The Morgan fingerprint density at radius 3 is 2.90 bits per heavy atom. The number of fused-ring (bicyclic) bond motifs is 1. The van der Waals surface area contributed by atoms with Crippen molar-refractivity contribution in [3.63, 3.8) is 0 Å². The lowest BCUT2D eigenvalue weighted by Crippen LogP contribution is -2.30. The number of para-hydroxylation sites is 1. The van der Waals surface area contributed by atoms with Crippen LogP contribution in [0.2, 0.25) is 0 Å². The highest BCUT2D eigenvalue weighted by Crippen LogP contribution is 2.19. The lowest BCUT2D eigenvalue weighted by atomic mass is 10.2. The zero-order chi connectivity index (χ0) is 14.3. The van der Waals surface area contributed by atoms with Gasteiger partial charge in [-0.05, 0) is 25.0 Å². The quantitative estimate of drug-likeness (QED) is 0.922. The second-order valence-corrected chi connectivity index (χ2v) is 7.74. The van der Waals surface area contributed by atoms with Crippen LogP contribution < -0.4 is 5.32 Å². The summed E-state index contributed by atoms with van der Waals surface area (Å²) in [5.74, 6) is 1.49. The smallest absolute Gasteiger partial charge is 0.151 e. The Balaban J connectivity index is 1.79. The van der Waals surface area contributed by atoms with Crippen LogP contribution in [0.4, 0.5) is 0 Å². The van der Waals surface area contributed by atoms with E-state index in [1.165, 1.54) is 5.56 Å². The van der Waals surface area contributed by atoms with Gasteiger partial charge in [-0.3, -0.25) is 0 Å². The van der Waals surface area contributed by atoms with Crippen molar-refractivity contribution >= 4 is 20.9 Å². The number of hydrogen-bond donors (Lipinski definition) is 1. The van der Waals surface area contributed by atoms with E-state index in [-0.39, 0.29) is 11.8 Å². The molecule has 1 aliphatic rings. The first-order chi connectivity index (χ1) is 9.46. The summed E-state index contributed by atoms with van der Waals surface area (Å²) in [5.41, 5.74) is 3.33. The maximum absolute atomic E-state index is 11.4. The summed E-state index contributed by atoms with van der Waals surface area (Å²) in [7, 11) is -0.826. The highest BCUT2D eigenvalue weighted by atomic mass is 32.2. The fourth-order valence-corrected chi connectivity index (χ4v) is 4.57. The molecule has 0 bridgehead atoms. The third-order valence-corrected chi connectivity index (χ3v) is 5.74. The summed E-state index contributed by atoms with van der Waals surface area (Å²) in [6.07, 6.45) is 0.700. The minimum atomic E-state index is -2.83. The van der Waals surface area contributed by atoms with Crippen molar-refractivity contribution in [3.8, 4) is 0 Å². The first kappa shape index (κ1) is 13.6. The molecule has 0 saturated carbocycles. The van der Waals surface area contributed by atoms with E-state index in [1.807, 2.05) is 19.2 Å². The molecule has 0 amide bonds. The largest absolute Gasteiger partial charge is 0.330 e. The van der Waals surface area contributed by atoms with E-state index in [1.54, 1.807) is 0 Å². The number of rotatable bonds is 3. The zero-order valence-electron chi connectivity index (χ0n) is 11.8. The van der Waals surface area contributed by atoms with Crippen molar-refractivity contribution in [2.75, 3.05) is 11.5 Å². The highest BCUT2D eigenvalue weighted by molar-refractivity contribution is 7.91. The van der Waals surface area contributed by atoms with Crippen molar-refractivity contribution in [3.05, 3.63) is 29.6 Å². The molecule has 1 saturated heterocycles. The van der Waals surface area contributed by atoms with Crippen molar-refractivity contribution in [1.29, 1.82) is 0 Å². The fraction of sp³-hybridized carbons (Fsp3) is 0.500. The molecule has 1 unspecified atom stereocenters. The van der Waals surface area contributed by atoms with E-state index >= 15 is 0 Å². The molecule has 0 aliphatic carbocycles. The van der Waals surface area contributed by atoms with Gasteiger partial charge in [0.05, 0.1) is 29.1 Å². The van der Waals surface area contributed by atoms with E-state index in [2.05, 4.69) is 27.9 Å². The lowest BCUT2D eigenvalue weighted by molar-refractivity contribution is 0.535. The van der Waals surface area contributed by atoms with Gasteiger partial charge in [0, 0.05) is 13.1 Å². The average Bonchev–Trinajstić information content (AvgIpc) is 2.88. The van der Waals surface area contributed by atoms with Crippen LogP contribution in [0.15, 0.2) is 18.2 Å². The van der Waals surface area contributed by atoms with Crippen LogP contribution in [0.5, 0.6) is 0 Å². The standard InChI is InChI=1S/C14H19N3O2S/c1-10-4-3-5-12-14(10)17(2)13(16-12)8-15-11-6-7-20(18,19)9-11/h3-5,11,15H,6-9H2,1-2H3. The molecule has 6 heteroatoms. The number of imidazole rings is 1. The Labute approximate surface area is 118 Å². The molecule has 0 radical (unpaired) electrons. The summed E-state index contributed by atoms with van der Waals surface area (Å²) < 4.78 is 25.0. The predicted molar refractivity (Wildman–Crippen MR) is 79.3 cm³/mol. The summed E-state index contributed by atoms with van der Waals surface area (Å²) >= 11 is 0. The van der Waals surface area contributed by atoms with Crippen molar-refractivity contribution in [2.24, 2.45) is 7.05 Å². The third kappa shape index (κ3) is 2.45. The maximum atomic E-state index is 11.4. The lowest BCUT2D eigenvalue weighted by Gasteiger charge is -2.10. The molecule has 5 nitrogen and oxygen atoms in total. The van der Waals surface area contributed by atoms with E-state index in [9.17, 15) is 8.42 Å². The van der Waals surface area contributed by atoms with Crippen LogP contribution in [0, 0.1) is 6.92 Å². The highest BCUT2D eigenvalue weighted by Gasteiger charge is 2.27. The molecule has 2 aromatic rings.